The summed E-state index contributed by atoms with van der Waals surface area (Å²) in [5.41, 5.74) is 12.3. The van der Waals surface area contributed by atoms with Gasteiger partial charge < -0.3 is 0 Å². The van der Waals surface area contributed by atoms with E-state index in [1.807, 2.05) is 0 Å². The van der Waals surface area contributed by atoms with Gasteiger partial charge in [0.2, 0.25) is 6.71 Å². The number of hydrogen-bond donors (Lipinski definition) is 0. The summed E-state index contributed by atoms with van der Waals surface area (Å²) < 4.78 is 2.40. The van der Waals surface area contributed by atoms with Gasteiger partial charge in [-0.3, -0.25) is 4.57 Å². The molecule has 3 aromatic carbocycles. The Bertz CT molecular complexity index is 1370. The van der Waals surface area contributed by atoms with Crippen molar-refractivity contribution in [2.24, 2.45) is 0 Å². The Balaban J connectivity index is 1.83. The third-order valence-electron chi connectivity index (χ3n) is 7.36. The number of fused-ring (bicyclic) bond motifs is 4. The molecule has 0 spiro atoms. The van der Waals surface area contributed by atoms with Crippen LogP contribution in [0.1, 0.15) is 57.1 Å². The van der Waals surface area contributed by atoms with E-state index in [0.717, 1.165) is 11.3 Å². The summed E-state index contributed by atoms with van der Waals surface area (Å²) in [6.07, 6.45) is 0. The van der Waals surface area contributed by atoms with Crippen molar-refractivity contribution in [3.05, 3.63) is 77.1 Å². The SMILES string of the molecule is Cc1nc2cc(C(C)(C)C)cc3c2n1-c1cccc2c1B3c1ccccc1C2(C)C. The average molecular weight is 390 g/mol. The monoisotopic (exact) mass is 390 g/mol. The van der Waals surface area contributed by atoms with Crippen LogP contribution in [-0.2, 0) is 10.8 Å². The summed E-state index contributed by atoms with van der Waals surface area (Å²) in [6.45, 7) is 14.0. The normalized spacial score (nSPS) is 15.9. The van der Waals surface area contributed by atoms with Gasteiger partial charge in [-0.1, -0.05) is 82.5 Å². The molecule has 2 aliphatic heterocycles. The molecule has 2 nitrogen and oxygen atoms in total. The molecule has 3 heteroatoms. The van der Waals surface area contributed by atoms with Crippen molar-refractivity contribution >= 4 is 34.1 Å². The zero-order chi connectivity index (χ0) is 21.0. The zero-order valence-electron chi connectivity index (χ0n) is 18.7. The van der Waals surface area contributed by atoms with Gasteiger partial charge >= 0.3 is 0 Å². The molecule has 0 atom stereocenters. The fourth-order valence-corrected chi connectivity index (χ4v) is 5.84. The molecule has 0 bridgehead atoms. The Labute approximate surface area is 179 Å². The minimum absolute atomic E-state index is 0.0226. The van der Waals surface area contributed by atoms with Crippen molar-refractivity contribution in [1.29, 1.82) is 0 Å². The van der Waals surface area contributed by atoms with Crippen LogP contribution in [0.25, 0.3) is 16.7 Å². The zero-order valence-corrected chi connectivity index (χ0v) is 18.7. The highest BCUT2D eigenvalue weighted by Gasteiger charge is 2.44. The average Bonchev–Trinajstić information content (AvgIpc) is 3.03. The van der Waals surface area contributed by atoms with E-state index >= 15 is 0 Å². The van der Waals surface area contributed by atoms with E-state index in [-0.39, 0.29) is 17.5 Å². The molecule has 148 valence electrons. The molecule has 3 heterocycles. The van der Waals surface area contributed by atoms with Crippen molar-refractivity contribution < 1.29 is 0 Å². The predicted octanol–water partition coefficient (Wildman–Crippen LogP) is 4.10. The molecular formula is C27H27BN2. The van der Waals surface area contributed by atoms with E-state index < -0.39 is 0 Å². The highest BCUT2D eigenvalue weighted by molar-refractivity contribution is 6.98. The van der Waals surface area contributed by atoms with Crippen LogP contribution >= 0.6 is 0 Å². The Morgan fingerprint density at radius 1 is 0.900 bits per heavy atom. The maximum Gasteiger partial charge on any atom is 0.247 e. The third kappa shape index (κ3) is 2.08. The lowest BCUT2D eigenvalue weighted by Gasteiger charge is -2.42. The lowest BCUT2D eigenvalue weighted by atomic mass is 9.30. The second kappa shape index (κ2) is 5.46. The van der Waals surface area contributed by atoms with E-state index in [0.29, 0.717) is 0 Å². The molecule has 0 saturated carbocycles. The van der Waals surface area contributed by atoms with Crippen LogP contribution in [0.3, 0.4) is 0 Å². The molecule has 0 N–H and O–H groups in total. The van der Waals surface area contributed by atoms with Gasteiger partial charge in [-0.05, 0) is 52.1 Å². The standard InChI is InChI=1S/C27H27BN2/c1-16-29-22-15-17(26(2,3)4)14-21-25(22)30(16)23-13-9-11-19-24(23)28(21)20-12-8-7-10-18(20)27(19,5)6/h7-15H,1-6H3. The molecule has 0 saturated heterocycles. The Kier molecular flexibility index (Phi) is 3.28. The fraction of sp³-hybridized carbons (Fsp3) is 0.296. The molecule has 30 heavy (non-hydrogen) atoms. The summed E-state index contributed by atoms with van der Waals surface area (Å²) in [7, 11) is 0. The van der Waals surface area contributed by atoms with Crippen molar-refractivity contribution in [2.45, 2.75) is 52.4 Å². The second-order valence-electron chi connectivity index (χ2n) is 10.6. The van der Waals surface area contributed by atoms with Crippen LogP contribution in [0.5, 0.6) is 0 Å². The largest absolute Gasteiger partial charge is 0.298 e. The van der Waals surface area contributed by atoms with Crippen LogP contribution < -0.4 is 16.4 Å². The number of hydrogen-bond acceptors (Lipinski definition) is 1. The van der Waals surface area contributed by atoms with E-state index in [9.17, 15) is 0 Å². The first-order chi connectivity index (χ1) is 14.2. The summed E-state index contributed by atoms with van der Waals surface area (Å²) in [5, 5.41) is 0. The van der Waals surface area contributed by atoms with Crippen molar-refractivity contribution in [2.75, 3.05) is 0 Å². The molecule has 0 amide bonds. The molecule has 0 unspecified atom stereocenters. The second-order valence-corrected chi connectivity index (χ2v) is 10.6. The molecule has 4 aromatic rings. The highest BCUT2D eigenvalue weighted by Crippen LogP contribution is 2.37. The number of benzene rings is 3. The van der Waals surface area contributed by atoms with Crippen LogP contribution in [0.15, 0.2) is 54.6 Å². The lowest BCUT2D eigenvalue weighted by molar-refractivity contribution is 0.591. The minimum Gasteiger partial charge on any atom is -0.298 e. The van der Waals surface area contributed by atoms with Crippen molar-refractivity contribution in [3.63, 3.8) is 0 Å². The number of rotatable bonds is 0. The first-order valence-corrected chi connectivity index (χ1v) is 11.0. The molecule has 0 radical (unpaired) electrons. The molecule has 6 rings (SSSR count). The number of aryl methyl sites for hydroxylation is 1. The summed E-state index contributed by atoms with van der Waals surface area (Å²) >= 11 is 0. The molecule has 1 aromatic heterocycles. The van der Waals surface area contributed by atoms with E-state index in [4.69, 9.17) is 4.98 Å². The van der Waals surface area contributed by atoms with Gasteiger partial charge in [0.25, 0.3) is 0 Å². The lowest BCUT2D eigenvalue weighted by Crippen LogP contribution is -2.63. The predicted molar refractivity (Wildman–Crippen MR) is 128 cm³/mol. The Hall–Kier alpha value is -2.81. The van der Waals surface area contributed by atoms with Gasteiger partial charge in [0.1, 0.15) is 5.82 Å². The molecule has 0 aliphatic carbocycles. The topological polar surface area (TPSA) is 17.8 Å². The molecular weight excluding hydrogens is 363 g/mol. The first-order valence-electron chi connectivity index (χ1n) is 11.0. The van der Waals surface area contributed by atoms with Gasteiger partial charge in [0.15, 0.2) is 0 Å². The van der Waals surface area contributed by atoms with Crippen molar-refractivity contribution in [1.82, 2.24) is 9.55 Å². The number of aromatic nitrogens is 2. The first kappa shape index (κ1) is 18.0. The maximum atomic E-state index is 5.03. The van der Waals surface area contributed by atoms with Gasteiger partial charge in [0.05, 0.1) is 11.0 Å². The smallest absolute Gasteiger partial charge is 0.247 e. The van der Waals surface area contributed by atoms with Crippen LogP contribution in [0, 0.1) is 6.92 Å². The maximum absolute atomic E-state index is 5.03. The van der Waals surface area contributed by atoms with Gasteiger partial charge in [0, 0.05) is 11.1 Å². The summed E-state index contributed by atoms with van der Waals surface area (Å²) in [4.78, 5) is 5.03. The van der Waals surface area contributed by atoms with Gasteiger partial charge in [-0.15, -0.1) is 0 Å². The summed E-state index contributed by atoms with van der Waals surface area (Å²) in [6, 6.07) is 20.7. The number of imidazole rings is 1. The third-order valence-corrected chi connectivity index (χ3v) is 7.36. The van der Waals surface area contributed by atoms with Gasteiger partial charge in [-0.2, -0.15) is 0 Å². The minimum atomic E-state index is -0.0226. The Morgan fingerprint density at radius 2 is 1.63 bits per heavy atom. The van der Waals surface area contributed by atoms with E-state index in [1.165, 1.54) is 44.3 Å². The molecule has 2 aliphatic rings. The van der Waals surface area contributed by atoms with Crippen LogP contribution in [0.4, 0.5) is 0 Å². The van der Waals surface area contributed by atoms with Crippen molar-refractivity contribution in [3.8, 4) is 5.69 Å². The Morgan fingerprint density at radius 3 is 2.40 bits per heavy atom. The van der Waals surface area contributed by atoms with E-state index in [1.54, 1.807) is 0 Å². The van der Waals surface area contributed by atoms with E-state index in [2.05, 4.69) is 101 Å². The number of nitrogens with zero attached hydrogens (tertiary/aromatic N) is 2. The highest BCUT2D eigenvalue weighted by atomic mass is 15.1. The van der Waals surface area contributed by atoms with Gasteiger partial charge in [-0.25, -0.2) is 4.98 Å². The quantitative estimate of drug-likeness (QED) is 0.364. The molecule has 0 fully saturated rings. The fourth-order valence-electron chi connectivity index (χ4n) is 5.84. The van der Waals surface area contributed by atoms with Crippen LogP contribution in [-0.4, -0.2) is 16.3 Å². The summed E-state index contributed by atoms with van der Waals surface area (Å²) in [5.74, 6) is 1.07. The van der Waals surface area contributed by atoms with Crippen LogP contribution in [0.2, 0.25) is 0 Å².